The van der Waals surface area contributed by atoms with Crippen molar-refractivity contribution in [2.75, 3.05) is 26.2 Å². The third kappa shape index (κ3) is 4.18. The predicted molar refractivity (Wildman–Crippen MR) is 112 cm³/mol. The number of piperazine rings is 1. The third-order valence-corrected chi connectivity index (χ3v) is 5.60. The molecule has 0 atom stereocenters. The summed E-state index contributed by atoms with van der Waals surface area (Å²) in [6, 6.07) is 22.2. The van der Waals surface area contributed by atoms with Gasteiger partial charge in [-0.25, -0.2) is 0 Å². The normalized spacial score (nSPS) is 15.1. The number of hydrogen-bond acceptors (Lipinski definition) is 3. The summed E-state index contributed by atoms with van der Waals surface area (Å²) in [5.41, 5.74) is 2.18. The minimum Gasteiger partial charge on any atom is -0.508 e. The number of amides is 1. The molecule has 4 rings (SSSR count). The van der Waals surface area contributed by atoms with Crippen LogP contribution < -0.4 is 0 Å². The fraction of sp³-hybridized carbons (Fsp3) is 0.292. The van der Waals surface area contributed by atoms with Crippen LogP contribution in [0, 0.1) is 0 Å². The number of hydrogen-bond donors (Lipinski definition) is 1. The predicted octanol–water partition coefficient (Wildman–Crippen LogP) is 3.82. The molecule has 144 valence electrons. The fourth-order valence-corrected chi connectivity index (χ4v) is 3.95. The molecule has 0 unspecified atom stereocenters. The average molecular weight is 374 g/mol. The lowest BCUT2D eigenvalue weighted by atomic mass is 10.0. The van der Waals surface area contributed by atoms with E-state index in [4.69, 9.17) is 0 Å². The Bertz CT molecular complexity index is 956. The highest BCUT2D eigenvalue weighted by Crippen LogP contribution is 2.21. The summed E-state index contributed by atoms with van der Waals surface area (Å²) in [7, 11) is 0. The number of carbonyl (C=O) groups is 1. The Hall–Kier alpha value is -2.85. The first-order valence-electron chi connectivity index (χ1n) is 9.94. The maximum absolute atomic E-state index is 12.5. The van der Waals surface area contributed by atoms with Gasteiger partial charge in [0.2, 0.25) is 5.91 Å². The van der Waals surface area contributed by atoms with Gasteiger partial charge in [-0.05, 0) is 34.4 Å². The zero-order chi connectivity index (χ0) is 19.3. The van der Waals surface area contributed by atoms with Crippen LogP contribution in [0.1, 0.15) is 17.5 Å². The van der Waals surface area contributed by atoms with Crippen molar-refractivity contribution in [3.8, 4) is 5.75 Å². The number of phenolic OH excluding ortho intramolecular Hbond substituents is 1. The standard InChI is InChI=1S/C24H26N2O2/c27-23-11-4-2-7-20(23)12-13-24(28)26-16-14-25(15-17-26)18-21-9-5-8-19-6-1-3-10-22(19)21/h1-11,27H,12-18H2. The smallest absolute Gasteiger partial charge is 0.222 e. The van der Waals surface area contributed by atoms with E-state index in [1.807, 2.05) is 17.0 Å². The molecule has 0 saturated carbocycles. The van der Waals surface area contributed by atoms with Gasteiger partial charge >= 0.3 is 0 Å². The summed E-state index contributed by atoms with van der Waals surface area (Å²) in [6.45, 7) is 4.24. The highest BCUT2D eigenvalue weighted by Gasteiger charge is 2.21. The van der Waals surface area contributed by atoms with Gasteiger partial charge in [0.1, 0.15) is 5.75 Å². The minimum atomic E-state index is 0.174. The van der Waals surface area contributed by atoms with Crippen molar-refractivity contribution in [1.82, 2.24) is 9.80 Å². The zero-order valence-electron chi connectivity index (χ0n) is 16.1. The molecule has 3 aromatic rings. The molecule has 1 aliphatic heterocycles. The second kappa shape index (κ2) is 8.44. The summed E-state index contributed by atoms with van der Waals surface area (Å²) in [5, 5.41) is 12.4. The van der Waals surface area contributed by atoms with Crippen LogP contribution in [0.5, 0.6) is 5.75 Å². The average Bonchev–Trinajstić information content (AvgIpc) is 2.74. The number of phenols is 1. The molecule has 0 spiro atoms. The molecule has 0 aromatic heterocycles. The molecule has 1 amide bonds. The summed E-state index contributed by atoms with van der Waals surface area (Å²) >= 11 is 0. The number of rotatable bonds is 5. The molecule has 1 heterocycles. The topological polar surface area (TPSA) is 43.8 Å². The summed E-state index contributed by atoms with van der Waals surface area (Å²) in [4.78, 5) is 16.9. The van der Waals surface area contributed by atoms with Crippen molar-refractivity contribution in [3.05, 3.63) is 77.9 Å². The van der Waals surface area contributed by atoms with Crippen molar-refractivity contribution in [3.63, 3.8) is 0 Å². The number of aromatic hydroxyl groups is 1. The molecule has 0 radical (unpaired) electrons. The van der Waals surface area contributed by atoms with Gasteiger partial charge in [0.25, 0.3) is 0 Å². The second-order valence-corrected chi connectivity index (χ2v) is 7.42. The highest BCUT2D eigenvalue weighted by atomic mass is 16.3. The van der Waals surface area contributed by atoms with Crippen molar-refractivity contribution in [1.29, 1.82) is 0 Å². The number of fused-ring (bicyclic) bond motifs is 1. The molecule has 1 saturated heterocycles. The van der Waals surface area contributed by atoms with Crippen LogP contribution in [0.3, 0.4) is 0 Å². The van der Waals surface area contributed by atoms with E-state index in [1.165, 1.54) is 16.3 Å². The van der Waals surface area contributed by atoms with E-state index < -0.39 is 0 Å². The van der Waals surface area contributed by atoms with E-state index in [1.54, 1.807) is 12.1 Å². The molecule has 4 nitrogen and oxygen atoms in total. The maximum Gasteiger partial charge on any atom is 0.222 e. The van der Waals surface area contributed by atoms with Crippen LogP contribution in [0.2, 0.25) is 0 Å². The quantitative estimate of drug-likeness (QED) is 0.738. The third-order valence-electron chi connectivity index (χ3n) is 5.60. The molecule has 4 heteroatoms. The summed E-state index contributed by atoms with van der Waals surface area (Å²) in [6.07, 6.45) is 1.03. The van der Waals surface area contributed by atoms with E-state index in [9.17, 15) is 9.90 Å². The van der Waals surface area contributed by atoms with E-state index >= 15 is 0 Å². The van der Waals surface area contributed by atoms with Crippen molar-refractivity contribution < 1.29 is 9.90 Å². The largest absolute Gasteiger partial charge is 0.508 e. The number of benzene rings is 3. The first-order valence-corrected chi connectivity index (χ1v) is 9.94. The van der Waals surface area contributed by atoms with Crippen LogP contribution in [0.15, 0.2) is 66.7 Å². The second-order valence-electron chi connectivity index (χ2n) is 7.42. The Morgan fingerprint density at radius 3 is 2.32 bits per heavy atom. The molecular weight excluding hydrogens is 348 g/mol. The maximum atomic E-state index is 12.5. The molecule has 1 N–H and O–H groups in total. The number of aryl methyl sites for hydroxylation is 1. The lowest BCUT2D eigenvalue weighted by Gasteiger charge is -2.35. The van der Waals surface area contributed by atoms with Gasteiger partial charge in [-0.15, -0.1) is 0 Å². The molecule has 28 heavy (non-hydrogen) atoms. The van der Waals surface area contributed by atoms with Gasteiger partial charge in [-0.1, -0.05) is 60.7 Å². The Balaban J connectivity index is 1.30. The fourth-order valence-electron chi connectivity index (χ4n) is 3.95. The summed E-state index contributed by atoms with van der Waals surface area (Å²) in [5.74, 6) is 0.447. The molecule has 0 aliphatic carbocycles. The molecule has 0 bridgehead atoms. The SMILES string of the molecule is O=C(CCc1ccccc1O)N1CCN(Cc2cccc3ccccc23)CC1. The van der Waals surface area contributed by atoms with Crippen LogP contribution in [-0.2, 0) is 17.8 Å². The molecule has 3 aromatic carbocycles. The minimum absolute atomic E-state index is 0.174. The Morgan fingerprint density at radius 2 is 1.50 bits per heavy atom. The van der Waals surface area contributed by atoms with Crippen LogP contribution in [0.25, 0.3) is 10.8 Å². The zero-order valence-corrected chi connectivity index (χ0v) is 16.1. The highest BCUT2D eigenvalue weighted by molar-refractivity contribution is 5.85. The first kappa shape index (κ1) is 18.5. The van der Waals surface area contributed by atoms with Gasteiger partial charge < -0.3 is 10.0 Å². The Morgan fingerprint density at radius 1 is 0.821 bits per heavy atom. The lowest BCUT2D eigenvalue weighted by molar-refractivity contribution is -0.133. The Labute approximate surface area is 166 Å². The number of carbonyl (C=O) groups excluding carboxylic acids is 1. The number of nitrogens with zero attached hydrogens (tertiary/aromatic N) is 2. The molecular formula is C24H26N2O2. The molecule has 1 aliphatic rings. The Kier molecular flexibility index (Phi) is 5.58. The number of para-hydroxylation sites is 1. The van der Waals surface area contributed by atoms with Crippen LogP contribution in [-0.4, -0.2) is 47.0 Å². The van der Waals surface area contributed by atoms with E-state index in [0.717, 1.165) is 38.3 Å². The van der Waals surface area contributed by atoms with Crippen LogP contribution in [0.4, 0.5) is 0 Å². The summed E-state index contributed by atoms with van der Waals surface area (Å²) < 4.78 is 0. The van der Waals surface area contributed by atoms with Gasteiger partial charge in [0.05, 0.1) is 0 Å². The van der Waals surface area contributed by atoms with Gasteiger partial charge in [-0.3, -0.25) is 9.69 Å². The monoisotopic (exact) mass is 374 g/mol. The van der Waals surface area contributed by atoms with E-state index in [0.29, 0.717) is 12.8 Å². The van der Waals surface area contributed by atoms with Crippen LogP contribution >= 0.6 is 0 Å². The first-order chi connectivity index (χ1) is 13.7. The molecule has 1 fully saturated rings. The van der Waals surface area contributed by atoms with Crippen molar-refractivity contribution >= 4 is 16.7 Å². The van der Waals surface area contributed by atoms with Gasteiger partial charge in [0.15, 0.2) is 0 Å². The van der Waals surface area contributed by atoms with Crippen molar-refractivity contribution in [2.24, 2.45) is 0 Å². The van der Waals surface area contributed by atoms with E-state index in [2.05, 4.69) is 47.4 Å². The van der Waals surface area contributed by atoms with E-state index in [-0.39, 0.29) is 11.7 Å². The van der Waals surface area contributed by atoms with Crippen molar-refractivity contribution in [2.45, 2.75) is 19.4 Å². The van der Waals surface area contributed by atoms with Gasteiger partial charge in [-0.2, -0.15) is 0 Å². The lowest BCUT2D eigenvalue weighted by Crippen LogP contribution is -2.48. The van der Waals surface area contributed by atoms with Gasteiger partial charge in [0, 0.05) is 39.1 Å².